The predicted octanol–water partition coefficient (Wildman–Crippen LogP) is 2.35. The first-order valence-corrected chi connectivity index (χ1v) is 5.36. The molecule has 88 valence electrons. The van der Waals surface area contributed by atoms with Gasteiger partial charge >= 0.3 is 0 Å². The third-order valence-corrected chi connectivity index (χ3v) is 2.66. The molecule has 0 fully saturated rings. The molecule has 0 unspecified atom stereocenters. The summed E-state index contributed by atoms with van der Waals surface area (Å²) >= 11 is 0. The summed E-state index contributed by atoms with van der Waals surface area (Å²) in [5.41, 5.74) is 8.65. The fourth-order valence-electron chi connectivity index (χ4n) is 1.61. The van der Waals surface area contributed by atoms with Gasteiger partial charge in [0.05, 0.1) is 7.11 Å². The van der Waals surface area contributed by atoms with Gasteiger partial charge in [0.1, 0.15) is 11.6 Å². The van der Waals surface area contributed by atoms with Gasteiger partial charge in [-0.05, 0) is 37.6 Å². The molecule has 4 heteroatoms. The lowest BCUT2D eigenvalue weighted by Crippen LogP contribution is -1.98. The Hall–Kier alpha value is -2.10. The highest BCUT2D eigenvalue weighted by molar-refractivity contribution is 5.60. The largest absolute Gasteiger partial charge is 0.496 e. The minimum atomic E-state index is 0.517. The summed E-state index contributed by atoms with van der Waals surface area (Å²) in [6.45, 7) is 3.87. The number of methoxy groups -OCH3 is 1. The van der Waals surface area contributed by atoms with E-state index in [2.05, 4.69) is 9.97 Å². The van der Waals surface area contributed by atoms with Crippen molar-refractivity contribution in [2.24, 2.45) is 0 Å². The first kappa shape index (κ1) is 11.4. The minimum Gasteiger partial charge on any atom is -0.496 e. The maximum atomic E-state index is 5.78. The molecule has 0 saturated heterocycles. The highest BCUT2D eigenvalue weighted by Crippen LogP contribution is 2.24. The molecule has 2 rings (SSSR count). The van der Waals surface area contributed by atoms with Gasteiger partial charge in [0, 0.05) is 17.3 Å². The summed E-state index contributed by atoms with van der Waals surface area (Å²) in [6.07, 6.45) is 1.73. The van der Waals surface area contributed by atoms with Crippen LogP contribution in [0.5, 0.6) is 5.75 Å². The number of nitrogens with zero attached hydrogens (tertiary/aromatic N) is 2. The number of hydrogen-bond acceptors (Lipinski definition) is 4. The highest BCUT2D eigenvalue weighted by atomic mass is 16.5. The second kappa shape index (κ2) is 4.41. The SMILES string of the molecule is COc1ccc(-c2ncc(C)c(N)n2)cc1C. The third kappa shape index (κ3) is 2.20. The number of hydrogen-bond donors (Lipinski definition) is 1. The maximum absolute atomic E-state index is 5.78. The molecule has 4 nitrogen and oxygen atoms in total. The Morgan fingerprint density at radius 2 is 1.94 bits per heavy atom. The molecule has 0 bridgehead atoms. The summed E-state index contributed by atoms with van der Waals surface area (Å²) in [5.74, 6) is 2.01. The zero-order valence-corrected chi connectivity index (χ0v) is 10.2. The molecule has 0 atom stereocenters. The van der Waals surface area contributed by atoms with Crippen molar-refractivity contribution >= 4 is 5.82 Å². The third-order valence-electron chi connectivity index (χ3n) is 2.66. The van der Waals surface area contributed by atoms with E-state index in [9.17, 15) is 0 Å². The van der Waals surface area contributed by atoms with E-state index in [1.54, 1.807) is 13.3 Å². The van der Waals surface area contributed by atoms with E-state index in [1.165, 1.54) is 0 Å². The summed E-state index contributed by atoms with van der Waals surface area (Å²) in [4.78, 5) is 8.54. The van der Waals surface area contributed by atoms with E-state index >= 15 is 0 Å². The lowest BCUT2D eigenvalue weighted by molar-refractivity contribution is 0.412. The van der Waals surface area contributed by atoms with Gasteiger partial charge in [0.15, 0.2) is 5.82 Å². The number of anilines is 1. The number of aromatic nitrogens is 2. The smallest absolute Gasteiger partial charge is 0.161 e. The molecule has 0 radical (unpaired) electrons. The van der Waals surface area contributed by atoms with Crippen molar-refractivity contribution in [1.82, 2.24) is 9.97 Å². The van der Waals surface area contributed by atoms with E-state index in [1.807, 2.05) is 32.0 Å². The van der Waals surface area contributed by atoms with Crippen molar-refractivity contribution in [3.8, 4) is 17.1 Å². The Bertz CT molecular complexity index is 552. The molecule has 0 spiro atoms. The molecule has 0 saturated carbocycles. The normalized spacial score (nSPS) is 10.3. The van der Waals surface area contributed by atoms with Crippen LogP contribution in [0.1, 0.15) is 11.1 Å². The van der Waals surface area contributed by atoms with Gasteiger partial charge < -0.3 is 10.5 Å². The Morgan fingerprint density at radius 1 is 1.18 bits per heavy atom. The lowest BCUT2D eigenvalue weighted by Gasteiger charge is -2.07. The van der Waals surface area contributed by atoms with Crippen molar-refractivity contribution in [1.29, 1.82) is 0 Å². The van der Waals surface area contributed by atoms with E-state index < -0.39 is 0 Å². The quantitative estimate of drug-likeness (QED) is 0.858. The fraction of sp³-hybridized carbons (Fsp3) is 0.231. The van der Waals surface area contributed by atoms with Crippen LogP contribution in [-0.2, 0) is 0 Å². The van der Waals surface area contributed by atoms with Crippen LogP contribution in [0.3, 0.4) is 0 Å². The number of rotatable bonds is 2. The molecule has 1 aromatic carbocycles. The number of benzene rings is 1. The molecule has 0 aliphatic heterocycles. The van der Waals surface area contributed by atoms with Crippen molar-refractivity contribution in [2.45, 2.75) is 13.8 Å². The Kier molecular flexibility index (Phi) is 2.95. The number of nitrogen functional groups attached to an aromatic ring is 1. The van der Waals surface area contributed by atoms with E-state index in [-0.39, 0.29) is 0 Å². The van der Waals surface area contributed by atoms with Gasteiger partial charge in [-0.15, -0.1) is 0 Å². The van der Waals surface area contributed by atoms with Crippen molar-refractivity contribution in [3.63, 3.8) is 0 Å². The first-order chi connectivity index (χ1) is 8.11. The highest BCUT2D eigenvalue weighted by Gasteiger charge is 2.06. The molecule has 1 heterocycles. The van der Waals surface area contributed by atoms with Gasteiger partial charge in [-0.2, -0.15) is 0 Å². The van der Waals surface area contributed by atoms with E-state index in [0.717, 1.165) is 22.4 Å². The molecule has 0 aliphatic rings. The van der Waals surface area contributed by atoms with Crippen molar-refractivity contribution in [3.05, 3.63) is 35.5 Å². The number of nitrogens with two attached hydrogens (primary N) is 1. The van der Waals surface area contributed by atoms with Crippen LogP contribution in [0, 0.1) is 13.8 Å². The lowest BCUT2D eigenvalue weighted by atomic mass is 10.1. The summed E-state index contributed by atoms with van der Waals surface area (Å²) in [5, 5.41) is 0. The van der Waals surface area contributed by atoms with Gasteiger partial charge in [0.2, 0.25) is 0 Å². The molecule has 0 aliphatic carbocycles. The van der Waals surface area contributed by atoms with Crippen LogP contribution in [-0.4, -0.2) is 17.1 Å². The fourth-order valence-corrected chi connectivity index (χ4v) is 1.61. The maximum Gasteiger partial charge on any atom is 0.161 e. The molecule has 2 aromatic rings. The molecule has 17 heavy (non-hydrogen) atoms. The van der Waals surface area contributed by atoms with Crippen LogP contribution in [0.25, 0.3) is 11.4 Å². The average Bonchev–Trinajstić information content (AvgIpc) is 2.32. The Balaban J connectivity index is 2.46. The zero-order valence-electron chi connectivity index (χ0n) is 10.2. The average molecular weight is 229 g/mol. The Labute approximate surface area is 100 Å². The van der Waals surface area contributed by atoms with Crippen molar-refractivity contribution in [2.75, 3.05) is 12.8 Å². The second-order valence-electron chi connectivity index (χ2n) is 3.95. The first-order valence-electron chi connectivity index (χ1n) is 5.36. The van der Waals surface area contributed by atoms with Gasteiger partial charge in [0.25, 0.3) is 0 Å². The van der Waals surface area contributed by atoms with Crippen LogP contribution >= 0.6 is 0 Å². The number of ether oxygens (including phenoxy) is 1. The van der Waals surface area contributed by atoms with Gasteiger partial charge in [-0.25, -0.2) is 9.97 Å². The monoisotopic (exact) mass is 229 g/mol. The van der Waals surface area contributed by atoms with Gasteiger partial charge in [-0.3, -0.25) is 0 Å². The van der Waals surface area contributed by atoms with Crippen LogP contribution in [0.4, 0.5) is 5.82 Å². The Morgan fingerprint density at radius 3 is 2.53 bits per heavy atom. The van der Waals surface area contributed by atoms with E-state index in [4.69, 9.17) is 10.5 Å². The topological polar surface area (TPSA) is 61.0 Å². The molecular weight excluding hydrogens is 214 g/mol. The number of aryl methyl sites for hydroxylation is 2. The standard InChI is InChI=1S/C13H15N3O/c1-8-6-10(4-5-11(8)17-3)13-15-7-9(2)12(14)16-13/h4-7H,1-3H3,(H2,14,15,16). The van der Waals surface area contributed by atoms with Gasteiger partial charge in [-0.1, -0.05) is 0 Å². The summed E-state index contributed by atoms with van der Waals surface area (Å²) < 4.78 is 5.21. The van der Waals surface area contributed by atoms with Crippen LogP contribution in [0.15, 0.2) is 24.4 Å². The minimum absolute atomic E-state index is 0.517. The molecule has 2 N–H and O–H groups in total. The summed E-state index contributed by atoms with van der Waals surface area (Å²) in [7, 11) is 1.66. The molecular formula is C13H15N3O. The molecule has 1 aromatic heterocycles. The van der Waals surface area contributed by atoms with Crippen molar-refractivity contribution < 1.29 is 4.74 Å². The zero-order chi connectivity index (χ0) is 12.4. The molecule has 0 amide bonds. The second-order valence-corrected chi connectivity index (χ2v) is 3.95. The summed E-state index contributed by atoms with van der Waals surface area (Å²) in [6, 6.07) is 5.82. The van der Waals surface area contributed by atoms with Crippen LogP contribution in [0.2, 0.25) is 0 Å². The predicted molar refractivity (Wildman–Crippen MR) is 67.9 cm³/mol. The van der Waals surface area contributed by atoms with E-state index in [0.29, 0.717) is 11.6 Å². The van der Waals surface area contributed by atoms with Crippen LogP contribution < -0.4 is 10.5 Å².